The van der Waals surface area contributed by atoms with Gasteiger partial charge in [-0.1, -0.05) is 11.6 Å². The van der Waals surface area contributed by atoms with Crippen molar-refractivity contribution in [3.63, 3.8) is 0 Å². The summed E-state index contributed by atoms with van der Waals surface area (Å²) in [6.45, 7) is 2.33. The molecule has 1 aromatic heterocycles. The van der Waals surface area contributed by atoms with E-state index in [1.165, 1.54) is 23.2 Å². The fraction of sp³-hybridized carbons (Fsp3) is 0.630. The van der Waals surface area contributed by atoms with E-state index in [1.807, 2.05) is 0 Å². The van der Waals surface area contributed by atoms with Crippen LogP contribution in [0.15, 0.2) is 35.3 Å². The molecule has 0 amide bonds. The quantitative estimate of drug-likeness (QED) is 0.487. The van der Waals surface area contributed by atoms with E-state index in [1.54, 1.807) is 18.3 Å². The zero-order valence-electron chi connectivity index (χ0n) is 20.6. The van der Waals surface area contributed by atoms with Gasteiger partial charge in [-0.2, -0.15) is 18.3 Å². The number of fused-ring (bicyclic) bond motifs is 1. The Morgan fingerprint density at radius 1 is 1.05 bits per heavy atom. The second-order valence-corrected chi connectivity index (χ2v) is 11.5. The fourth-order valence-electron chi connectivity index (χ4n) is 6.29. The number of aromatic nitrogens is 2. The van der Waals surface area contributed by atoms with Gasteiger partial charge in [0.05, 0.1) is 30.1 Å². The predicted molar refractivity (Wildman–Crippen MR) is 136 cm³/mol. The second kappa shape index (κ2) is 9.80. The third-order valence-electron chi connectivity index (χ3n) is 8.58. The molecule has 3 saturated carbocycles. The lowest BCUT2D eigenvalue weighted by molar-refractivity contribution is -0.137. The highest BCUT2D eigenvalue weighted by Crippen LogP contribution is 2.47. The van der Waals surface area contributed by atoms with E-state index in [-0.39, 0.29) is 22.7 Å². The van der Waals surface area contributed by atoms with Crippen LogP contribution in [0.5, 0.6) is 0 Å². The molecule has 6 nitrogen and oxygen atoms in total. The summed E-state index contributed by atoms with van der Waals surface area (Å²) in [4.78, 5) is 15.4. The number of alkyl halides is 3. The molecule has 0 spiro atoms. The van der Waals surface area contributed by atoms with Gasteiger partial charge in [-0.15, -0.1) is 0 Å². The second-order valence-electron chi connectivity index (χ2n) is 11.1. The van der Waals surface area contributed by atoms with Crippen molar-refractivity contribution in [2.24, 2.45) is 17.8 Å². The van der Waals surface area contributed by atoms with Gasteiger partial charge in [-0.05, 0) is 81.0 Å². The summed E-state index contributed by atoms with van der Waals surface area (Å²) in [5.74, 6) is 1.83. The van der Waals surface area contributed by atoms with Crippen molar-refractivity contribution in [3.8, 4) is 0 Å². The van der Waals surface area contributed by atoms with Gasteiger partial charge in [-0.3, -0.25) is 4.79 Å². The molecule has 200 valence electrons. The monoisotopic (exact) mass is 536 g/mol. The van der Waals surface area contributed by atoms with Gasteiger partial charge in [0.1, 0.15) is 5.02 Å². The van der Waals surface area contributed by atoms with E-state index in [2.05, 4.69) is 15.3 Å². The van der Waals surface area contributed by atoms with E-state index in [9.17, 15) is 18.0 Å². The van der Waals surface area contributed by atoms with Crippen LogP contribution in [0.4, 0.5) is 24.5 Å². The van der Waals surface area contributed by atoms with Gasteiger partial charge in [-0.25, -0.2) is 4.68 Å². The zero-order valence-corrected chi connectivity index (χ0v) is 21.3. The van der Waals surface area contributed by atoms with Crippen LogP contribution in [0.1, 0.15) is 56.6 Å². The minimum atomic E-state index is -4.34. The first-order chi connectivity index (χ1) is 17.8. The van der Waals surface area contributed by atoms with Crippen molar-refractivity contribution >= 4 is 23.0 Å². The maximum Gasteiger partial charge on any atom is 0.416 e. The fourth-order valence-corrected chi connectivity index (χ4v) is 6.49. The first kappa shape index (κ1) is 25.0. The molecule has 1 saturated heterocycles. The summed E-state index contributed by atoms with van der Waals surface area (Å²) in [6, 6.07) is 6.09. The standard InChI is InChI=1S/C27H32ClF3N4O2/c28-25-24(32-12-17-15-37-14-16-11-23(16)17)13-33-35(26(25)36)22-9-7-21(8-10-22)34(20-5-6-20)19-3-1-18(2-4-19)27(29,30)31/h1-4,13,16-17,20-23,32H,5-12,14-15H2. The molecule has 4 aliphatic rings. The number of ether oxygens (including phenoxy) is 1. The zero-order chi connectivity index (χ0) is 25.7. The van der Waals surface area contributed by atoms with Crippen LogP contribution in [-0.2, 0) is 10.9 Å². The number of hydrogen-bond donors (Lipinski definition) is 1. The molecule has 37 heavy (non-hydrogen) atoms. The van der Waals surface area contributed by atoms with Crippen molar-refractivity contribution in [2.45, 2.75) is 69.2 Å². The van der Waals surface area contributed by atoms with Gasteiger partial charge < -0.3 is 15.0 Å². The Labute approximate surface area is 219 Å². The van der Waals surface area contributed by atoms with Gasteiger partial charge in [0, 0.05) is 36.8 Å². The molecule has 2 aromatic rings. The van der Waals surface area contributed by atoms with E-state index >= 15 is 0 Å². The molecule has 1 aromatic carbocycles. The Hall–Kier alpha value is -2.26. The lowest BCUT2D eigenvalue weighted by Crippen LogP contribution is -2.41. The lowest BCUT2D eigenvalue weighted by atomic mass is 9.89. The van der Waals surface area contributed by atoms with Crippen molar-refractivity contribution < 1.29 is 17.9 Å². The van der Waals surface area contributed by atoms with Crippen molar-refractivity contribution in [1.29, 1.82) is 0 Å². The minimum Gasteiger partial charge on any atom is -0.382 e. The molecule has 0 radical (unpaired) electrons. The van der Waals surface area contributed by atoms with Crippen LogP contribution in [-0.4, -0.2) is 41.6 Å². The first-order valence-corrected chi connectivity index (χ1v) is 13.7. The molecule has 3 aliphatic carbocycles. The maximum absolute atomic E-state index is 13.1. The molecule has 2 heterocycles. The number of rotatable bonds is 7. The summed E-state index contributed by atoms with van der Waals surface area (Å²) >= 11 is 6.48. The molecule has 10 heteroatoms. The summed E-state index contributed by atoms with van der Waals surface area (Å²) < 4.78 is 46.2. The van der Waals surface area contributed by atoms with Crippen LogP contribution in [0.2, 0.25) is 5.02 Å². The lowest BCUT2D eigenvalue weighted by Gasteiger charge is -2.39. The summed E-state index contributed by atoms with van der Waals surface area (Å²) in [6.07, 6.45) is 3.89. The van der Waals surface area contributed by atoms with Crippen LogP contribution in [0.3, 0.4) is 0 Å². The number of nitrogens with one attached hydrogen (secondary N) is 1. The van der Waals surface area contributed by atoms with E-state index in [0.717, 1.165) is 64.0 Å². The SMILES string of the molecule is O=c1c(Cl)c(NCC2COCC3CC23)cnn1C1CCC(N(c2ccc(C(F)(F)F)cc2)C2CC2)CC1. The predicted octanol–water partition coefficient (Wildman–Crippen LogP) is 5.76. The number of anilines is 2. The van der Waals surface area contributed by atoms with E-state index < -0.39 is 11.7 Å². The molecule has 1 aliphatic heterocycles. The molecular weight excluding hydrogens is 505 g/mol. The Morgan fingerprint density at radius 3 is 2.38 bits per heavy atom. The van der Waals surface area contributed by atoms with Gasteiger partial charge in [0.25, 0.3) is 5.56 Å². The highest BCUT2D eigenvalue weighted by molar-refractivity contribution is 6.32. The summed E-state index contributed by atoms with van der Waals surface area (Å²) in [5, 5.41) is 7.96. The summed E-state index contributed by atoms with van der Waals surface area (Å²) in [7, 11) is 0. The molecule has 4 fully saturated rings. The average Bonchev–Trinajstić information content (AvgIpc) is 3.81. The normalized spacial score (nSPS) is 29.5. The Morgan fingerprint density at radius 2 is 1.73 bits per heavy atom. The third-order valence-corrected chi connectivity index (χ3v) is 8.95. The van der Waals surface area contributed by atoms with Crippen LogP contribution in [0, 0.1) is 17.8 Å². The number of benzene rings is 1. The van der Waals surface area contributed by atoms with E-state index in [0.29, 0.717) is 29.5 Å². The van der Waals surface area contributed by atoms with Crippen LogP contribution in [0.25, 0.3) is 0 Å². The van der Waals surface area contributed by atoms with Crippen molar-refractivity contribution in [1.82, 2.24) is 9.78 Å². The Kier molecular flexibility index (Phi) is 6.63. The molecule has 0 bridgehead atoms. The molecule has 1 N–H and O–H groups in total. The maximum atomic E-state index is 13.1. The van der Waals surface area contributed by atoms with Crippen LogP contribution < -0.4 is 15.8 Å². The minimum absolute atomic E-state index is 0.0390. The third kappa shape index (κ3) is 5.21. The van der Waals surface area contributed by atoms with Gasteiger partial charge >= 0.3 is 6.18 Å². The van der Waals surface area contributed by atoms with Gasteiger partial charge in [0.2, 0.25) is 0 Å². The topological polar surface area (TPSA) is 59.4 Å². The first-order valence-electron chi connectivity index (χ1n) is 13.3. The molecule has 3 unspecified atom stereocenters. The summed E-state index contributed by atoms with van der Waals surface area (Å²) in [5.41, 5.74) is 0.510. The van der Waals surface area contributed by atoms with Crippen LogP contribution >= 0.6 is 11.6 Å². The van der Waals surface area contributed by atoms with Gasteiger partial charge in [0.15, 0.2) is 0 Å². The average molecular weight is 537 g/mol. The highest BCUT2D eigenvalue weighted by atomic mass is 35.5. The largest absolute Gasteiger partial charge is 0.416 e. The highest BCUT2D eigenvalue weighted by Gasteiger charge is 2.46. The van der Waals surface area contributed by atoms with Crippen molar-refractivity contribution in [2.75, 3.05) is 30.0 Å². The molecule has 3 atom stereocenters. The smallest absolute Gasteiger partial charge is 0.382 e. The number of nitrogens with zero attached hydrogens (tertiary/aromatic N) is 3. The van der Waals surface area contributed by atoms with Crippen molar-refractivity contribution in [3.05, 3.63) is 51.4 Å². The Bertz CT molecular complexity index is 1180. The Balaban J connectivity index is 1.09. The molecule has 6 rings (SSSR count). The molecular formula is C27H32ClF3N4O2. The number of halogens is 4. The number of hydrogen-bond acceptors (Lipinski definition) is 5. The van der Waals surface area contributed by atoms with E-state index in [4.69, 9.17) is 16.3 Å².